The van der Waals surface area contributed by atoms with Crippen LogP contribution >= 0.6 is 0 Å². The Labute approximate surface area is 212 Å². The number of rotatable bonds is 8. The van der Waals surface area contributed by atoms with Crippen molar-refractivity contribution >= 4 is 23.1 Å². The van der Waals surface area contributed by atoms with E-state index in [9.17, 15) is 14.7 Å². The molecule has 0 aromatic heterocycles. The van der Waals surface area contributed by atoms with Gasteiger partial charge in [0.05, 0.1) is 17.5 Å². The average Bonchev–Trinajstić information content (AvgIpc) is 2.97. The third-order valence-electron chi connectivity index (χ3n) is 6.68. The number of aliphatic hydroxyl groups is 1. The summed E-state index contributed by atoms with van der Waals surface area (Å²) in [6.07, 6.45) is -0.354. The standard InChI is InChI=1S/C30H33N3O3/c1-20(2)18-24(26(34)19-21-12-6-4-7-13-21)28(35)30(31)29(36)33(3)25-17-11-10-16-23(25)27(32-30)22-14-8-5-9-15-22/h4-17,20,24,26,34H,18-19,31H2,1-3H3/t24-,26+,30?/m1/s1. The molecule has 0 fully saturated rings. The Morgan fingerprint density at radius 2 is 1.56 bits per heavy atom. The highest BCUT2D eigenvalue weighted by atomic mass is 16.3. The van der Waals surface area contributed by atoms with Crippen LogP contribution in [0.2, 0.25) is 0 Å². The maximum atomic E-state index is 14.2. The lowest BCUT2D eigenvalue weighted by Crippen LogP contribution is -2.61. The van der Waals surface area contributed by atoms with E-state index in [0.717, 1.165) is 11.1 Å². The number of benzodiazepines with no additional fused rings is 1. The molecule has 1 aliphatic rings. The lowest BCUT2D eigenvalue weighted by molar-refractivity contribution is -0.139. The van der Waals surface area contributed by atoms with E-state index >= 15 is 0 Å². The fraction of sp³-hybridized carbons (Fsp3) is 0.300. The monoisotopic (exact) mass is 483 g/mol. The van der Waals surface area contributed by atoms with Crippen LogP contribution in [-0.4, -0.2) is 41.3 Å². The molecular weight excluding hydrogens is 450 g/mol. The minimum Gasteiger partial charge on any atom is -0.392 e. The van der Waals surface area contributed by atoms with Gasteiger partial charge in [-0.05, 0) is 30.4 Å². The Balaban J connectivity index is 1.82. The summed E-state index contributed by atoms with van der Waals surface area (Å²) in [5, 5.41) is 11.3. The Hall–Kier alpha value is -3.61. The molecule has 0 radical (unpaired) electrons. The molecule has 3 aromatic carbocycles. The number of aliphatic hydroxyl groups excluding tert-OH is 1. The Morgan fingerprint density at radius 3 is 2.19 bits per heavy atom. The first-order valence-electron chi connectivity index (χ1n) is 12.3. The van der Waals surface area contributed by atoms with Gasteiger partial charge in [0.15, 0.2) is 5.78 Å². The minimum absolute atomic E-state index is 0.0985. The normalized spacial score (nSPS) is 19.3. The second-order valence-corrected chi connectivity index (χ2v) is 9.83. The van der Waals surface area contributed by atoms with Crippen molar-refractivity contribution in [1.82, 2.24) is 0 Å². The van der Waals surface area contributed by atoms with Crippen molar-refractivity contribution in [2.45, 2.75) is 38.5 Å². The molecule has 4 rings (SSSR count). The van der Waals surface area contributed by atoms with E-state index in [4.69, 9.17) is 10.7 Å². The number of Topliss-reactive ketones (excluding diaryl/α,β-unsaturated/α-hetero) is 1. The summed E-state index contributed by atoms with van der Waals surface area (Å²) >= 11 is 0. The zero-order chi connectivity index (χ0) is 25.9. The van der Waals surface area contributed by atoms with E-state index in [-0.39, 0.29) is 12.3 Å². The molecule has 0 spiro atoms. The molecule has 0 saturated heterocycles. The predicted octanol–water partition coefficient (Wildman–Crippen LogP) is 3.99. The number of hydrogen-bond acceptors (Lipinski definition) is 5. The number of carbonyl (C=O) groups excluding carboxylic acids is 2. The fourth-order valence-corrected chi connectivity index (χ4v) is 4.82. The van der Waals surface area contributed by atoms with Crippen molar-refractivity contribution in [3.63, 3.8) is 0 Å². The summed E-state index contributed by atoms with van der Waals surface area (Å²) < 4.78 is 0. The number of para-hydroxylation sites is 1. The van der Waals surface area contributed by atoms with Crippen LogP contribution in [0.15, 0.2) is 89.9 Å². The van der Waals surface area contributed by atoms with Gasteiger partial charge in [0.25, 0.3) is 5.91 Å². The van der Waals surface area contributed by atoms with Crippen LogP contribution in [0.4, 0.5) is 5.69 Å². The molecule has 186 valence electrons. The third-order valence-corrected chi connectivity index (χ3v) is 6.68. The molecule has 36 heavy (non-hydrogen) atoms. The highest BCUT2D eigenvalue weighted by Crippen LogP contribution is 2.33. The summed E-state index contributed by atoms with van der Waals surface area (Å²) in [5.41, 5.74) is 7.99. The Bertz CT molecular complexity index is 1260. The maximum absolute atomic E-state index is 14.2. The highest BCUT2D eigenvalue weighted by molar-refractivity contribution is 6.26. The van der Waals surface area contributed by atoms with Crippen LogP contribution in [0.25, 0.3) is 0 Å². The highest BCUT2D eigenvalue weighted by Gasteiger charge is 2.50. The van der Waals surface area contributed by atoms with Gasteiger partial charge in [-0.3, -0.25) is 15.3 Å². The van der Waals surface area contributed by atoms with Gasteiger partial charge in [0, 0.05) is 24.1 Å². The number of fused-ring (bicyclic) bond motifs is 1. The maximum Gasteiger partial charge on any atom is 0.277 e. The number of aliphatic imine (C=N–C) groups is 1. The van der Waals surface area contributed by atoms with Gasteiger partial charge in [-0.2, -0.15) is 0 Å². The van der Waals surface area contributed by atoms with Crippen molar-refractivity contribution in [2.24, 2.45) is 22.6 Å². The zero-order valence-corrected chi connectivity index (χ0v) is 21.0. The smallest absolute Gasteiger partial charge is 0.277 e. The molecule has 1 aliphatic heterocycles. The topological polar surface area (TPSA) is 96.0 Å². The largest absolute Gasteiger partial charge is 0.392 e. The van der Waals surface area contributed by atoms with Crippen LogP contribution < -0.4 is 10.6 Å². The van der Waals surface area contributed by atoms with E-state index in [0.29, 0.717) is 23.4 Å². The number of benzene rings is 3. The van der Waals surface area contributed by atoms with Crippen molar-refractivity contribution in [3.05, 3.63) is 102 Å². The molecular formula is C30H33N3O3. The zero-order valence-electron chi connectivity index (χ0n) is 21.0. The van der Waals surface area contributed by atoms with Crippen LogP contribution in [0.5, 0.6) is 0 Å². The van der Waals surface area contributed by atoms with Gasteiger partial charge in [-0.15, -0.1) is 0 Å². The number of anilines is 1. The second kappa shape index (κ2) is 10.6. The molecule has 6 nitrogen and oxygen atoms in total. The van der Waals surface area contributed by atoms with Crippen LogP contribution in [-0.2, 0) is 16.0 Å². The molecule has 0 aliphatic carbocycles. The summed E-state index contributed by atoms with van der Waals surface area (Å²) in [5.74, 6) is -1.96. The quantitative estimate of drug-likeness (QED) is 0.474. The van der Waals surface area contributed by atoms with Gasteiger partial charge >= 0.3 is 0 Å². The number of nitrogens with two attached hydrogens (primary N) is 1. The SMILES string of the molecule is CC(C)C[C@@H](C(=O)C1(N)N=C(c2ccccc2)c2ccccc2N(C)C1=O)[C@@H](O)Cc1ccccc1. The molecule has 0 bridgehead atoms. The summed E-state index contributed by atoms with van der Waals surface area (Å²) in [4.78, 5) is 34.1. The third kappa shape index (κ3) is 5.01. The van der Waals surface area contributed by atoms with Crippen molar-refractivity contribution in [1.29, 1.82) is 0 Å². The Kier molecular flexibility index (Phi) is 7.48. The van der Waals surface area contributed by atoms with Gasteiger partial charge in [-0.1, -0.05) is 92.7 Å². The molecule has 6 heteroatoms. The Morgan fingerprint density at radius 1 is 0.972 bits per heavy atom. The van der Waals surface area contributed by atoms with E-state index in [1.54, 1.807) is 7.05 Å². The summed E-state index contributed by atoms with van der Waals surface area (Å²) in [6.45, 7) is 3.96. The second-order valence-electron chi connectivity index (χ2n) is 9.83. The predicted molar refractivity (Wildman–Crippen MR) is 143 cm³/mol. The number of amides is 1. The number of hydrogen-bond donors (Lipinski definition) is 2. The van der Waals surface area contributed by atoms with Gasteiger partial charge in [0.2, 0.25) is 5.66 Å². The molecule has 1 amide bonds. The molecule has 1 heterocycles. The first-order chi connectivity index (χ1) is 17.2. The molecule has 0 saturated carbocycles. The lowest BCUT2D eigenvalue weighted by Gasteiger charge is -2.32. The summed E-state index contributed by atoms with van der Waals surface area (Å²) in [7, 11) is 1.61. The molecule has 1 unspecified atom stereocenters. The van der Waals surface area contributed by atoms with E-state index in [2.05, 4.69) is 0 Å². The number of ketones is 1. The van der Waals surface area contributed by atoms with Crippen LogP contribution in [0, 0.1) is 11.8 Å². The van der Waals surface area contributed by atoms with Crippen molar-refractivity contribution in [3.8, 4) is 0 Å². The van der Waals surface area contributed by atoms with Gasteiger partial charge in [0.1, 0.15) is 0 Å². The minimum atomic E-state index is -2.18. The first kappa shape index (κ1) is 25.5. The van der Waals surface area contributed by atoms with Crippen molar-refractivity contribution in [2.75, 3.05) is 11.9 Å². The lowest BCUT2D eigenvalue weighted by atomic mass is 9.81. The molecule has 3 aromatic rings. The number of likely N-dealkylation sites (N-methyl/N-ethyl adjacent to an activating group) is 1. The number of carbonyl (C=O) groups is 2. The number of nitrogens with zero attached hydrogens (tertiary/aromatic N) is 2. The van der Waals surface area contributed by atoms with E-state index in [1.807, 2.05) is 98.8 Å². The van der Waals surface area contributed by atoms with E-state index in [1.165, 1.54) is 4.90 Å². The van der Waals surface area contributed by atoms with E-state index < -0.39 is 29.4 Å². The average molecular weight is 484 g/mol. The van der Waals surface area contributed by atoms with Gasteiger partial charge < -0.3 is 10.0 Å². The molecule has 3 N–H and O–H groups in total. The fourth-order valence-electron chi connectivity index (χ4n) is 4.82. The summed E-state index contributed by atoms with van der Waals surface area (Å²) in [6, 6.07) is 26.3. The van der Waals surface area contributed by atoms with Crippen LogP contribution in [0.1, 0.15) is 37.0 Å². The molecule has 3 atom stereocenters. The first-order valence-corrected chi connectivity index (χ1v) is 12.3. The van der Waals surface area contributed by atoms with Crippen LogP contribution in [0.3, 0.4) is 0 Å². The van der Waals surface area contributed by atoms with Crippen molar-refractivity contribution < 1.29 is 14.7 Å². The van der Waals surface area contributed by atoms with Gasteiger partial charge in [-0.25, -0.2) is 4.99 Å².